The van der Waals surface area contributed by atoms with Crippen molar-refractivity contribution in [3.05, 3.63) is 16.1 Å². The molecular weight excluding hydrogens is 390 g/mol. The fraction of sp³-hybridized carbons (Fsp3) is 0.700. The van der Waals surface area contributed by atoms with E-state index < -0.39 is 5.54 Å². The van der Waals surface area contributed by atoms with Crippen LogP contribution in [0.4, 0.5) is 4.79 Å². The highest BCUT2D eigenvalue weighted by Crippen LogP contribution is 2.37. The Kier molecular flexibility index (Phi) is 5.61. The fourth-order valence-electron chi connectivity index (χ4n) is 4.82. The molecule has 3 heterocycles. The molecule has 0 aromatic carbocycles. The topological polar surface area (TPSA) is 87.0 Å². The molecule has 2 N–H and O–H groups in total. The largest absolute Gasteiger partial charge is 0.331 e. The number of carbonyl (C=O) groups is 3. The van der Waals surface area contributed by atoms with Gasteiger partial charge < -0.3 is 15.1 Å². The van der Waals surface area contributed by atoms with Gasteiger partial charge in [0.25, 0.3) is 5.91 Å². The molecule has 1 saturated carbocycles. The molecule has 1 aromatic heterocycles. The molecule has 4 amide bonds. The van der Waals surface area contributed by atoms with Crippen LogP contribution in [0.1, 0.15) is 43.3 Å². The van der Waals surface area contributed by atoms with Gasteiger partial charge in [0.1, 0.15) is 10.5 Å². The minimum absolute atomic E-state index is 0.0557. The molecule has 2 saturated heterocycles. The summed E-state index contributed by atoms with van der Waals surface area (Å²) in [5, 5.41) is 5.83. The number of urea groups is 1. The van der Waals surface area contributed by atoms with Crippen molar-refractivity contribution >= 4 is 29.2 Å². The molecule has 0 unspecified atom stereocenters. The average molecular weight is 421 g/mol. The molecule has 3 aliphatic rings. The summed E-state index contributed by atoms with van der Waals surface area (Å²) < 4.78 is 0. The highest BCUT2D eigenvalue weighted by atomic mass is 32.1. The van der Waals surface area contributed by atoms with Gasteiger partial charge >= 0.3 is 6.03 Å². The van der Waals surface area contributed by atoms with Crippen molar-refractivity contribution in [2.75, 3.05) is 32.8 Å². The van der Waals surface area contributed by atoms with E-state index in [1.54, 1.807) is 0 Å². The number of thiazole rings is 1. The minimum atomic E-state index is -0.696. The van der Waals surface area contributed by atoms with Crippen LogP contribution in [-0.4, -0.2) is 71.0 Å². The first-order valence-electron chi connectivity index (χ1n) is 10.6. The van der Waals surface area contributed by atoms with Crippen molar-refractivity contribution in [1.82, 2.24) is 20.1 Å². The minimum Gasteiger partial charge on any atom is -0.331 e. The zero-order chi connectivity index (χ0) is 20.6. The number of nitrogens with zero attached hydrogens (tertiary/aromatic N) is 3. The lowest BCUT2D eigenvalue weighted by Crippen LogP contribution is -3.16. The van der Waals surface area contributed by atoms with E-state index in [1.807, 2.05) is 17.2 Å². The Labute approximate surface area is 175 Å². The molecule has 29 heavy (non-hydrogen) atoms. The van der Waals surface area contributed by atoms with Gasteiger partial charge in [0.2, 0.25) is 5.91 Å². The maximum Gasteiger partial charge on any atom is 0.329 e. The number of aryl methyl sites for hydroxylation is 1. The van der Waals surface area contributed by atoms with Crippen molar-refractivity contribution < 1.29 is 19.3 Å². The summed E-state index contributed by atoms with van der Waals surface area (Å²) in [7, 11) is 0. The van der Waals surface area contributed by atoms with Gasteiger partial charge in [-0.15, -0.1) is 11.3 Å². The van der Waals surface area contributed by atoms with Crippen LogP contribution in [0.2, 0.25) is 0 Å². The molecule has 2 aliphatic heterocycles. The molecule has 9 heteroatoms. The molecule has 158 valence electrons. The molecular formula is C20H30N5O3S+. The van der Waals surface area contributed by atoms with Gasteiger partial charge in [-0.3, -0.25) is 9.59 Å². The summed E-state index contributed by atoms with van der Waals surface area (Å²) in [6, 6.07) is -0.256. The monoisotopic (exact) mass is 420 g/mol. The van der Waals surface area contributed by atoms with Gasteiger partial charge in [-0.05, 0) is 25.7 Å². The Morgan fingerprint density at radius 3 is 2.76 bits per heavy atom. The van der Waals surface area contributed by atoms with Crippen LogP contribution in [0.15, 0.2) is 5.38 Å². The number of rotatable bonds is 4. The van der Waals surface area contributed by atoms with Crippen LogP contribution in [0.25, 0.3) is 0 Å². The molecule has 3 fully saturated rings. The standard InChI is InChI=1S/C20H29N5O3S/c1-14-5-3-4-6-20(14)18(27)25(19(28)22-20)13-23-7-9-24(10-8-23)17(26)11-16-21-15(2)12-29-16/h12,14H,3-11,13H2,1-2H3,(H,22,28)/p+1/t14-,20-/m1/s1. The predicted octanol–water partition coefficient (Wildman–Crippen LogP) is 0.179. The zero-order valence-electron chi connectivity index (χ0n) is 17.2. The number of piperazine rings is 1. The first-order chi connectivity index (χ1) is 13.9. The van der Waals surface area contributed by atoms with E-state index in [2.05, 4.69) is 17.2 Å². The lowest BCUT2D eigenvalue weighted by molar-refractivity contribution is -0.911. The maximum atomic E-state index is 13.1. The zero-order valence-corrected chi connectivity index (χ0v) is 18.0. The van der Waals surface area contributed by atoms with Crippen LogP contribution in [0.5, 0.6) is 0 Å². The third-order valence-electron chi connectivity index (χ3n) is 6.68. The third-order valence-corrected chi connectivity index (χ3v) is 7.64. The second kappa shape index (κ2) is 8.02. The summed E-state index contributed by atoms with van der Waals surface area (Å²) in [6.45, 7) is 7.15. The first kappa shape index (κ1) is 20.3. The van der Waals surface area contributed by atoms with Crippen LogP contribution >= 0.6 is 11.3 Å². The predicted molar refractivity (Wildman–Crippen MR) is 108 cm³/mol. The number of quaternary nitrogens is 1. The van der Waals surface area contributed by atoms with Crippen LogP contribution in [0.3, 0.4) is 0 Å². The second-order valence-corrected chi connectivity index (χ2v) is 9.57. The molecule has 1 spiro atoms. The van der Waals surface area contributed by atoms with Crippen LogP contribution in [0, 0.1) is 12.8 Å². The highest BCUT2D eigenvalue weighted by molar-refractivity contribution is 7.09. The summed E-state index contributed by atoms with van der Waals surface area (Å²) in [5.41, 5.74) is 0.254. The maximum absolute atomic E-state index is 13.1. The van der Waals surface area contributed by atoms with E-state index in [0.29, 0.717) is 26.2 Å². The van der Waals surface area contributed by atoms with E-state index in [9.17, 15) is 14.4 Å². The van der Waals surface area contributed by atoms with E-state index in [4.69, 9.17) is 0 Å². The Balaban J connectivity index is 1.31. The fourth-order valence-corrected chi connectivity index (χ4v) is 5.58. The van der Waals surface area contributed by atoms with Gasteiger partial charge in [-0.2, -0.15) is 0 Å². The first-order valence-corrected chi connectivity index (χ1v) is 11.4. The van der Waals surface area contributed by atoms with Crippen molar-refractivity contribution in [1.29, 1.82) is 0 Å². The molecule has 0 bridgehead atoms. The molecule has 8 nitrogen and oxygen atoms in total. The van der Waals surface area contributed by atoms with Gasteiger partial charge in [0.05, 0.1) is 32.6 Å². The Morgan fingerprint density at radius 1 is 1.34 bits per heavy atom. The summed E-state index contributed by atoms with van der Waals surface area (Å²) in [4.78, 5) is 47.0. The van der Waals surface area contributed by atoms with Crippen molar-refractivity contribution in [2.24, 2.45) is 5.92 Å². The Morgan fingerprint density at radius 2 is 2.10 bits per heavy atom. The summed E-state index contributed by atoms with van der Waals surface area (Å²) in [5.74, 6) is 0.222. The number of imide groups is 1. The van der Waals surface area contributed by atoms with E-state index in [0.717, 1.165) is 49.5 Å². The van der Waals surface area contributed by atoms with Crippen molar-refractivity contribution in [3.8, 4) is 0 Å². The number of nitrogens with one attached hydrogen (secondary N) is 2. The number of amides is 4. The number of hydrogen-bond donors (Lipinski definition) is 2. The smallest absolute Gasteiger partial charge is 0.329 e. The van der Waals surface area contributed by atoms with Crippen molar-refractivity contribution in [2.45, 2.75) is 51.5 Å². The van der Waals surface area contributed by atoms with E-state index in [-0.39, 0.29) is 23.8 Å². The Hall–Kier alpha value is -2.00. The lowest BCUT2D eigenvalue weighted by atomic mass is 9.73. The molecule has 4 rings (SSSR count). The molecule has 2 atom stereocenters. The second-order valence-electron chi connectivity index (χ2n) is 8.63. The van der Waals surface area contributed by atoms with Gasteiger partial charge in [-0.25, -0.2) is 14.7 Å². The van der Waals surface area contributed by atoms with Crippen LogP contribution < -0.4 is 10.2 Å². The average Bonchev–Trinajstić information content (AvgIpc) is 3.21. The highest BCUT2D eigenvalue weighted by Gasteiger charge is 2.55. The quantitative estimate of drug-likeness (QED) is 0.681. The molecule has 1 aromatic rings. The number of carbonyl (C=O) groups excluding carboxylic acids is 3. The van der Waals surface area contributed by atoms with Crippen LogP contribution in [-0.2, 0) is 16.0 Å². The third kappa shape index (κ3) is 3.90. The van der Waals surface area contributed by atoms with Crippen molar-refractivity contribution in [3.63, 3.8) is 0 Å². The molecule has 0 radical (unpaired) electrons. The Bertz CT molecular complexity index is 804. The van der Waals surface area contributed by atoms with Gasteiger partial charge in [-0.1, -0.05) is 19.8 Å². The van der Waals surface area contributed by atoms with E-state index >= 15 is 0 Å². The SMILES string of the molecule is Cc1csc(CC(=O)N2CC[NH+](CN3C(=O)N[C@@]4(CCCC[C@H]4C)C3=O)CC2)n1. The summed E-state index contributed by atoms with van der Waals surface area (Å²) in [6.07, 6.45) is 4.17. The summed E-state index contributed by atoms with van der Waals surface area (Å²) >= 11 is 1.52. The molecule has 1 aliphatic carbocycles. The lowest BCUT2D eigenvalue weighted by Gasteiger charge is -2.37. The normalized spacial score (nSPS) is 28.3. The number of hydrogen-bond acceptors (Lipinski definition) is 5. The number of aromatic nitrogens is 1. The van der Waals surface area contributed by atoms with E-state index in [1.165, 1.54) is 21.1 Å². The van der Waals surface area contributed by atoms with Gasteiger partial charge in [0.15, 0.2) is 6.67 Å². The van der Waals surface area contributed by atoms with Gasteiger partial charge in [0, 0.05) is 11.1 Å².